The van der Waals surface area contributed by atoms with Gasteiger partial charge >= 0.3 is 0 Å². The Morgan fingerprint density at radius 1 is 0.600 bits per heavy atom. The Morgan fingerprint density at radius 2 is 1.07 bits per heavy atom. The van der Waals surface area contributed by atoms with Crippen LogP contribution in [0, 0.1) is 11.8 Å². The Bertz CT molecular complexity index is 850. The van der Waals surface area contributed by atoms with Crippen molar-refractivity contribution in [3.8, 4) is 28.7 Å². The normalized spacial score (nSPS) is 25.0. The summed E-state index contributed by atoms with van der Waals surface area (Å²) in [6.07, 6.45) is -0.188. The predicted molar refractivity (Wildman–Crippen MR) is 110 cm³/mol. The molecule has 2 aromatic carbocycles. The van der Waals surface area contributed by atoms with Crippen LogP contribution in [-0.2, 0) is 9.47 Å². The molecule has 0 saturated carbocycles. The van der Waals surface area contributed by atoms with Gasteiger partial charge in [0.2, 0.25) is 5.75 Å². The average Bonchev–Trinajstić information content (AvgIpc) is 3.39. The maximum atomic E-state index is 6.25. The SMILES string of the molecule is COc1cc(OC)cc([C@H]2OC[C@H]3[C@H]2CO[C@@H]3c2cc(OC)c(OC)c(OC)c2)c1. The standard InChI is InChI=1S/C23H28O7/c1-24-15-6-13(7-16(10-15)25-2)21-17-11-30-22(18(17)12-29-21)14-8-19(26-3)23(28-5)20(9-14)27-4/h6-10,17-18,21-22H,11-12H2,1-5H3/t17-,18+,21-,22-/m1/s1. The molecule has 4 atom stereocenters. The fourth-order valence-corrected chi connectivity index (χ4v) is 4.49. The van der Waals surface area contributed by atoms with E-state index in [2.05, 4.69) is 0 Å². The summed E-state index contributed by atoms with van der Waals surface area (Å²) >= 11 is 0. The fourth-order valence-electron chi connectivity index (χ4n) is 4.49. The van der Waals surface area contributed by atoms with Crippen LogP contribution in [0.3, 0.4) is 0 Å². The van der Waals surface area contributed by atoms with E-state index in [1.165, 1.54) is 0 Å². The van der Waals surface area contributed by atoms with E-state index in [4.69, 9.17) is 33.2 Å². The van der Waals surface area contributed by atoms with Crippen molar-refractivity contribution in [3.05, 3.63) is 41.5 Å². The molecule has 0 aliphatic carbocycles. The van der Waals surface area contributed by atoms with Crippen LogP contribution in [0.5, 0.6) is 28.7 Å². The molecule has 30 heavy (non-hydrogen) atoms. The van der Waals surface area contributed by atoms with Crippen molar-refractivity contribution in [1.29, 1.82) is 0 Å². The quantitative estimate of drug-likeness (QED) is 0.680. The maximum absolute atomic E-state index is 6.25. The Hall–Kier alpha value is -2.64. The van der Waals surface area contributed by atoms with E-state index >= 15 is 0 Å². The molecule has 7 nitrogen and oxygen atoms in total. The van der Waals surface area contributed by atoms with Gasteiger partial charge in [0, 0.05) is 17.9 Å². The van der Waals surface area contributed by atoms with Crippen LogP contribution in [0.15, 0.2) is 30.3 Å². The zero-order chi connectivity index (χ0) is 21.3. The first-order valence-electron chi connectivity index (χ1n) is 9.89. The minimum absolute atomic E-state index is 0.0777. The summed E-state index contributed by atoms with van der Waals surface area (Å²) < 4.78 is 39.8. The molecule has 4 rings (SSSR count). The van der Waals surface area contributed by atoms with Crippen LogP contribution in [0.1, 0.15) is 23.3 Å². The van der Waals surface area contributed by atoms with Crippen molar-refractivity contribution in [3.63, 3.8) is 0 Å². The maximum Gasteiger partial charge on any atom is 0.203 e. The summed E-state index contributed by atoms with van der Waals surface area (Å²) in [6, 6.07) is 9.77. The highest BCUT2D eigenvalue weighted by atomic mass is 16.5. The summed E-state index contributed by atoms with van der Waals surface area (Å²) in [5.74, 6) is 3.75. The molecule has 2 aromatic rings. The van der Waals surface area contributed by atoms with E-state index < -0.39 is 0 Å². The number of ether oxygens (including phenoxy) is 7. The van der Waals surface area contributed by atoms with E-state index in [0.717, 1.165) is 22.6 Å². The van der Waals surface area contributed by atoms with E-state index in [-0.39, 0.29) is 24.0 Å². The molecule has 0 bridgehead atoms. The van der Waals surface area contributed by atoms with Gasteiger partial charge in [0.1, 0.15) is 11.5 Å². The molecule has 0 amide bonds. The lowest BCUT2D eigenvalue weighted by molar-refractivity contribution is 0.0190. The average molecular weight is 416 g/mol. The highest BCUT2D eigenvalue weighted by Crippen LogP contribution is 2.52. The van der Waals surface area contributed by atoms with Crippen molar-refractivity contribution < 1.29 is 33.2 Å². The third-order valence-electron chi connectivity index (χ3n) is 5.98. The van der Waals surface area contributed by atoms with Crippen molar-refractivity contribution >= 4 is 0 Å². The smallest absolute Gasteiger partial charge is 0.203 e. The Balaban J connectivity index is 1.62. The van der Waals surface area contributed by atoms with Gasteiger partial charge in [0.15, 0.2) is 11.5 Å². The van der Waals surface area contributed by atoms with E-state index in [0.29, 0.717) is 30.5 Å². The van der Waals surface area contributed by atoms with Crippen molar-refractivity contribution in [2.45, 2.75) is 12.2 Å². The zero-order valence-corrected chi connectivity index (χ0v) is 18.0. The summed E-state index contributed by atoms with van der Waals surface area (Å²) in [4.78, 5) is 0. The monoisotopic (exact) mass is 416 g/mol. The van der Waals surface area contributed by atoms with Crippen LogP contribution in [0.4, 0.5) is 0 Å². The predicted octanol–water partition coefficient (Wildman–Crippen LogP) is 3.80. The molecule has 0 aromatic heterocycles. The molecule has 2 heterocycles. The Kier molecular flexibility index (Phi) is 5.92. The molecule has 0 N–H and O–H groups in total. The summed E-state index contributed by atoms with van der Waals surface area (Å²) in [7, 11) is 8.13. The lowest BCUT2D eigenvalue weighted by Crippen LogP contribution is -2.15. The molecule has 7 heteroatoms. The van der Waals surface area contributed by atoms with Crippen LogP contribution in [0.25, 0.3) is 0 Å². The number of fused-ring (bicyclic) bond motifs is 1. The second-order valence-corrected chi connectivity index (χ2v) is 7.44. The number of benzene rings is 2. The Labute approximate surface area is 176 Å². The third kappa shape index (κ3) is 3.52. The molecule has 2 aliphatic heterocycles. The van der Waals surface area contributed by atoms with Gasteiger partial charge in [-0.05, 0) is 35.4 Å². The zero-order valence-electron chi connectivity index (χ0n) is 18.0. The number of rotatable bonds is 7. The van der Waals surface area contributed by atoms with Crippen LogP contribution >= 0.6 is 0 Å². The van der Waals surface area contributed by atoms with Crippen molar-refractivity contribution in [2.75, 3.05) is 48.8 Å². The first-order valence-corrected chi connectivity index (χ1v) is 9.89. The molecule has 2 fully saturated rings. The number of hydrogen-bond acceptors (Lipinski definition) is 7. The van der Waals surface area contributed by atoms with Gasteiger partial charge in [-0.2, -0.15) is 0 Å². The van der Waals surface area contributed by atoms with E-state index in [1.807, 2.05) is 30.3 Å². The lowest BCUT2D eigenvalue weighted by Gasteiger charge is -2.20. The lowest BCUT2D eigenvalue weighted by atomic mass is 9.84. The van der Waals surface area contributed by atoms with Crippen LogP contribution in [0.2, 0.25) is 0 Å². The van der Waals surface area contributed by atoms with Gasteiger partial charge in [-0.1, -0.05) is 0 Å². The third-order valence-corrected chi connectivity index (χ3v) is 5.98. The Morgan fingerprint density at radius 3 is 1.47 bits per heavy atom. The molecule has 2 aliphatic rings. The summed E-state index contributed by atoms with van der Waals surface area (Å²) in [5.41, 5.74) is 2.03. The minimum atomic E-state index is -0.110. The molecule has 0 unspecified atom stereocenters. The molecular formula is C23H28O7. The summed E-state index contributed by atoms with van der Waals surface area (Å²) in [6.45, 7) is 1.21. The van der Waals surface area contributed by atoms with Gasteiger partial charge in [-0.25, -0.2) is 0 Å². The first-order chi connectivity index (χ1) is 14.6. The van der Waals surface area contributed by atoms with Gasteiger partial charge in [-0.15, -0.1) is 0 Å². The van der Waals surface area contributed by atoms with Crippen molar-refractivity contribution in [2.24, 2.45) is 11.8 Å². The molecule has 0 spiro atoms. The van der Waals surface area contributed by atoms with E-state index in [1.54, 1.807) is 35.5 Å². The second-order valence-electron chi connectivity index (χ2n) is 7.44. The highest BCUT2D eigenvalue weighted by molar-refractivity contribution is 5.54. The second kappa shape index (κ2) is 8.62. The largest absolute Gasteiger partial charge is 0.497 e. The first kappa shape index (κ1) is 20.6. The fraction of sp³-hybridized carbons (Fsp3) is 0.478. The molecular weight excluding hydrogens is 388 g/mol. The van der Waals surface area contributed by atoms with Crippen LogP contribution < -0.4 is 23.7 Å². The minimum Gasteiger partial charge on any atom is -0.497 e. The molecule has 162 valence electrons. The van der Waals surface area contributed by atoms with E-state index in [9.17, 15) is 0 Å². The molecule has 2 saturated heterocycles. The van der Waals surface area contributed by atoms with Gasteiger partial charge in [0.05, 0.1) is 61.0 Å². The number of methoxy groups -OCH3 is 5. The van der Waals surface area contributed by atoms with Crippen molar-refractivity contribution in [1.82, 2.24) is 0 Å². The molecule has 0 radical (unpaired) electrons. The topological polar surface area (TPSA) is 64.6 Å². The highest BCUT2D eigenvalue weighted by Gasteiger charge is 2.48. The van der Waals surface area contributed by atoms with Crippen LogP contribution in [-0.4, -0.2) is 48.8 Å². The summed E-state index contributed by atoms with van der Waals surface area (Å²) in [5, 5.41) is 0. The van der Waals surface area contributed by atoms with Gasteiger partial charge in [0.25, 0.3) is 0 Å². The van der Waals surface area contributed by atoms with Gasteiger partial charge in [-0.3, -0.25) is 0 Å². The van der Waals surface area contributed by atoms with Gasteiger partial charge < -0.3 is 33.2 Å². The number of hydrogen-bond donors (Lipinski definition) is 0.